The van der Waals surface area contributed by atoms with Gasteiger partial charge in [0.25, 0.3) is 5.91 Å². The van der Waals surface area contributed by atoms with Gasteiger partial charge < -0.3 is 10.1 Å². The standard InChI is InChI=1S/C18H15BrN2O2/c1-2-23-17-8-6-16(7-9-17)21-18(22)14(12-20)10-13-4-3-5-15(19)11-13/h3-11H,2H2,1H3,(H,21,22)/b14-10-. The normalized spacial score (nSPS) is 10.7. The number of nitrogens with zero attached hydrogens (tertiary/aromatic N) is 1. The molecule has 2 rings (SSSR count). The maximum atomic E-state index is 12.2. The van der Waals surface area contributed by atoms with Gasteiger partial charge in [0.05, 0.1) is 6.61 Å². The SMILES string of the molecule is CCOc1ccc(NC(=O)/C(C#N)=C\c2cccc(Br)c2)cc1. The summed E-state index contributed by atoms with van der Waals surface area (Å²) in [6.07, 6.45) is 1.55. The van der Waals surface area contributed by atoms with E-state index < -0.39 is 5.91 Å². The number of ether oxygens (including phenoxy) is 1. The molecular weight excluding hydrogens is 356 g/mol. The Morgan fingerprint density at radius 3 is 2.65 bits per heavy atom. The molecule has 4 nitrogen and oxygen atoms in total. The van der Waals surface area contributed by atoms with Gasteiger partial charge in [-0.1, -0.05) is 28.1 Å². The number of hydrogen-bond donors (Lipinski definition) is 1. The highest BCUT2D eigenvalue weighted by Gasteiger charge is 2.09. The minimum absolute atomic E-state index is 0.0389. The maximum Gasteiger partial charge on any atom is 0.266 e. The number of rotatable bonds is 5. The third-order valence-corrected chi connectivity index (χ3v) is 3.44. The van der Waals surface area contributed by atoms with Gasteiger partial charge in [-0.3, -0.25) is 4.79 Å². The molecule has 0 saturated carbocycles. The fraction of sp³-hybridized carbons (Fsp3) is 0.111. The van der Waals surface area contributed by atoms with Crippen molar-refractivity contribution in [3.8, 4) is 11.8 Å². The van der Waals surface area contributed by atoms with Crippen LogP contribution >= 0.6 is 15.9 Å². The maximum absolute atomic E-state index is 12.2. The lowest BCUT2D eigenvalue weighted by molar-refractivity contribution is -0.112. The molecule has 2 aromatic carbocycles. The lowest BCUT2D eigenvalue weighted by Crippen LogP contribution is -2.13. The molecule has 0 unspecified atom stereocenters. The van der Waals surface area contributed by atoms with Crippen molar-refractivity contribution in [2.24, 2.45) is 0 Å². The molecule has 1 N–H and O–H groups in total. The molecular formula is C18H15BrN2O2. The Labute approximate surface area is 143 Å². The number of hydrogen-bond acceptors (Lipinski definition) is 3. The van der Waals surface area contributed by atoms with E-state index >= 15 is 0 Å². The number of carbonyl (C=O) groups is 1. The van der Waals surface area contributed by atoms with Crippen LogP contribution in [0.2, 0.25) is 0 Å². The molecule has 0 atom stereocenters. The van der Waals surface area contributed by atoms with E-state index in [4.69, 9.17) is 4.74 Å². The molecule has 0 saturated heterocycles. The number of anilines is 1. The van der Waals surface area contributed by atoms with Gasteiger partial charge in [0.1, 0.15) is 17.4 Å². The molecule has 0 aliphatic heterocycles. The summed E-state index contributed by atoms with van der Waals surface area (Å²) in [7, 11) is 0. The Kier molecular flexibility index (Phi) is 5.95. The highest BCUT2D eigenvalue weighted by molar-refractivity contribution is 9.10. The van der Waals surface area contributed by atoms with E-state index in [-0.39, 0.29) is 5.57 Å². The Balaban J connectivity index is 2.12. The van der Waals surface area contributed by atoms with Crippen molar-refractivity contribution < 1.29 is 9.53 Å². The van der Waals surface area contributed by atoms with Crippen molar-refractivity contribution in [1.82, 2.24) is 0 Å². The smallest absolute Gasteiger partial charge is 0.266 e. The molecule has 0 aliphatic rings. The van der Waals surface area contributed by atoms with Crippen LogP contribution in [-0.2, 0) is 4.79 Å². The first kappa shape index (κ1) is 16.8. The second-order valence-electron chi connectivity index (χ2n) is 4.64. The van der Waals surface area contributed by atoms with Gasteiger partial charge in [-0.15, -0.1) is 0 Å². The quantitative estimate of drug-likeness (QED) is 0.626. The first-order chi connectivity index (χ1) is 11.1. The molecule has 23 heavy (non-hydrogen) atoms. The fourth-order valence-corrected chi connectivity index (χ4v) is 2.33. The molecule has 0 bridgehead atoms. The van der Waals surface area contributed by atoms with Crippen LogP contribution in [0.3, 0.4) is 0 Å². The van der Waals surface area contributed by atoms with E-state index in [1.165, 1.54) is 0 Å². The van der Waals surface area contributed by atoms with Gasteiger partial charge in [-0.05, 0) is 55.0 Å². The summed E-state index contributed by atoms with van der Waals surface area (Å²) >= 11 is 3.36. The van der Waals surface area contributed by atoms with Crippen LogP contribution in [0.5, 0.6) is 5.75 Å². The fourth-order valence-electron chi connectivity index (χ4n) is 1.91. The van der Waals surface area contributed by atoms with E-state index in [0.717, 1.165) is 15.8 Å². The predicted octanol–water partition coefficient (Wildman–Crippen LogP) is 4.39. The number of nitrogens with one attached hydrogen (secondary N) is 1. The van der Waals surface area contributed by atoms with Gasteiger partial charge in [-0.25, -0.2) is 0 Å². The summed E-state index contributed by atoms with van der Waals surface area (Å²) in [4.78, 5) is 12.2. The van der Waals surface area contributed by atoms with Crippen molar-refractivity contribution >= 4 is 33.6 Å². The van der Waals surface area contributed by atoms with E-state index in [2.05, 4.69) is 21.2 Å². The highest BCUT2D eigenvalue weighted by Crippen LogP contribution is 2.18. The summed E-state index contributed by atoms with van der Waals surface area (Å²) in [5.74, 6) is 0.285. The van der Waals surface area contributed by atoms with Crippen LogP contribution in [0.15, 0.2) is 58.6 Å². The number of nitriles is 1. The molecule has 1 amide bonds. The van der Waals surface area contributed by atoms with Crippen LogP contribution in [0, 0.1) is 11.3 Å². The Morgan fingerprint density at radius 2 is 2.04 bits per heavy atom. The monoisotopic (exact) mass is 370 g/mol. The van der Waals surface area contributed by atoms with Crippen LogP contribution in [-0.4, -0.2) is 12.5 Å². The number of halogens is 1. The Morgan fingerprint density at radius 1 is 1.30 bits per heavy atom. The molecule has 5 heteroatoms. The second-order valence-corrected chi connectivity index (χ2v) is 5.55. The van der Waals surface area contributed by atoms with Gasteiger partial charge in [-0.2, -0.15) is 5.26 Å². The topological polar surface area (TPSA) is 62.1 Å². The van der Waals surface area contributed by atoms with Crippen LogP contribution < -0.4 is 10.1 Å². The third kappa shape index (κ3) is 4.97. The Hall–Kier alpha value is -2.58. The molecule has 0 heterocycles. The van der Waals surface area contributed by atoms with Crippen LogP contribution in [0.1, 0.15) is 12.5 Å². The number of benzene rings is 2. The molecule has 0 spiro atoms. The van der Waals surface area contributed by atoms with Crippen molar-refractivity contribution in [2.45, 2.75) is 6.92 Å². The molecule has 0 aromatic heterocycles. The van der Waals surface area contributed by atoms with E-state index in [1.807, 2.05) is 37.3 Å². The Bertz CT molecular complexity index is 761. The predicted molar refractivity (Wildman–Crippen MR) is 94.0 cm³/mol. The van der Waals surface area contributed by atoms with Crippen molar-refractivity contribution in [2.75, 3.05) is 11.9 Å². The van der Waals surface area contributed by atoms with Crippen molar-refractivity contribution in [3.05, 3.63) is 64.1 Å². The lowest BCUT2D eigenvalue weighted by atomic mass is 10.1. The number of carbonyl (C=O) groups excluding carboxylic acids is 1. The molecule has 116 valence electrons. The van der Waals surface area contributed by atoms with Crippen LogP contribution in [0.25, 0.3) is 6.08 Å². The van der Waals surface area contributed by atoms with E-state index in [0.29, 0.717) is 12.3 Å². The lowest BCUT2D eigenvalue weighted by Gasteiger charge is -2.06. The third-order valence-electron chi connectivity index (χ3n) is 2.95. The average Bonchev–Trinajstić information content (AvgIpc) is 2.54. The van der Waals surface area contributed by atoms with Gasteiger partial charge >= 0.3 is 0 Å². The van der Waals surface area contributed by atoms with E-state index in [9.17, 15) is 10.1 Å². The highest BCUT2D eigenvalue weighted by atomic mass is 79.9. The van der Waals surface area contributed by atoms with Gasteiger partial charge in [0.15, 0.2) is 0 Å². The first-order valence-corrected chi connectivity index (χ1v) is 7.83. The largest absolute Gasteiger partial charge is 0.494 e. The second kappa shape index (κ2) is 8.16. The van der Waals surface area contributed by atoms with E-state index in [1.54, 1.807) is 30.3 Å². The van der Waals surface area contributed by atoms with Crippen molar-refractivity contribution in [1.29, 1.82) is 5.26 Å². The summed E-state index contributed by atoms with van der Waals surface area (Å²) < 4.78 is 6.23. The zero-order valence-electron chi connectivity index (χ0n) is 12.5. The van der Waals surface area contributed by atoms with Crippen LogP contribution in [0.4, 0.5) is 5.69 Å². The molecule has 0 fully saturated rings. The first-order valence-electron chi connectivity index (χ1n) is 7.04. The minimum atomic E-state index is -0.448. The average molecular weight is 371 g/mol. The summed E-state index contributed by atoms with van der Waals surface area (Å²) in [6.45, 7) is 2.49. The summed E-state index contributed by atoms with van der Waals surface area (Å²) in [6, 6.07) is 16.3. The van der Waals surface area contributed by atoms with Gasteiger partial charge in [0, 0.05) is 10.2 Å². The summed E-state index contributed by atoms with van der Waals surface area (Å²) in [5.41, 5.74) is 1.42. The van der Waals surface area contributed by atoms with Gasteiger partial charge in [0.2, 0.25) is 0 Å². The number of amides is 1. The minimum Gasteiger partial charge on any atom is -0.494 e. The zero-order valence-corrected chi connectivity index (χ0v) is 14.1. The molecule has 0 aliphatic carbocycles. The molecule has 2 aromatic rings. The summed E-state index contributed by atoms with van der Waals surface area (Å²) in [5, 5.41) is 11.9. The van der Waals surface area contributed by atoms with Crippen molar-refractivity contribution in [3.63, 3.8) is 0 Å². The molecule has 0 radical (unpaired) electrons. The zero-order chi connectivity index (χ0) is 16.7.